The van der Waals surface area contributed by atoms with Crippen LogP contribution in [-0.4, -0.2) is 18.6 Å². The average molecular weight is 348 g/mol. The maximum Gasteiger partial charge on any atom is 0.328 e. The predicted octanol–water partition coefficient (Wildman–Crippen LogP) is 4.04. The van der Waals surface area contributed by atoms with Crippen LogP contribution in [0.3, 0.4) is 0 Å². The largest absolute Gasteiger partial charge is 0.464 e. The van der Waals surface area contributed by atoms with E-state index in [0.29, 0.717) is 13.0 Å². The zero-order valence-corrected chi connectivity index (χ0v) is 13.5. The predicted molar refractivity (Wildman–Crippen MR) is 88.3 cm³/mol. The lowest BCUT2D eigenvalue weighted by Crippen LogP contribution is -2.33. The van der Waals surface area contributed by atoms with E-state index in [4.69, 9.17) is 4.74 Å². The highest BCUT2D eigenvalue weighted by Crippen LogP contribution is 2.23. The molecule has 0 spiro atoms. The first-order valence-electron chi connectivity index (χ1n) is 6.92. The fourth-order valence-electron chi connectivity index (χ4n) is 2.05. The molecule has 1 N–H and O–H groups in total. The molecule has 0 heterocycles. The lowest BCUT2D eigenvalue weighted by Gasteiger charge is -2.19. The van der Waals surface area contributed by atoms with Crippen molar-refractivity contribution < 1.29 is 9.53 Å². The third-order valence-corrected chi connectivity index (χ3v) is 3.75. The Kier molecular flexibility index (Phi) is 5.81. The van der Waals surface area contributed by atoms with Gasteiger partial charge in [-0.2, -0.15) is 0 Å². The van der Waals surface area contributed by atoms with Crippen molar-refractivity contribution in [1.29, 1.82) is 0 Å². The molecule has 2 rings (SSSR count). The number of ether oxygens (including phenoxy) is 1. The number of benzene rings is 2. The van der Waals surface area contributed by atoms with E-state index in [9.17, 15) is 4.79 Å². The average Bonchev–Trinajstić information content (AvgIpc) is 2.50. The molecule has 1 atom stereocenters. The molecule has 0 aliphatic heterocycles. The Bertz CT molecular complexity index is 586. The van der Waals surface area contributed by atoms with E-state index in [1.54, 1.807) is 0 Å². The first kappa shape index (κ1) is 15.6. The Labute approximate surface area is 133 Å². The SMILES string of the molecule is CCOC(=O)C(Cc1ccccc1)Nc1ccccc1Br. The minimum absolute atomic E-state index is 0.239. The molecule has 21 heavy (non-hydrogen) atoms. The quantitative estimate of drug-likeness (QED) is 0.801. The number of carbonyl (C=O) groups is 1. The molecule has 3 nitrogen and oxygen atoms in total. The van der Waals surface area contributed by atoms with Crippen LogP contribution >= 0.6 is 15.9 Å². The minimum Gasteiger partial charge on any atom is -0.464 e. The molecule has 2 aromatic rings. The van der Waals surface area contributed by atoms with Crippen LogP contribution in [0.15, 0.2) is 59.1 Å². The molecule has 1 unspecified atom stereocenters. The molecule has 110 valence electrons. The number of halogens is 1. The molecule has 0 aliphatic carbocycles. The highest BCUT2D eigenvalue weighted by molar-refractivity contribution is 9.10. The summed E-state index contributed by atoms with van der Waals surface area (Å²) in [7, 11) is 0. The summed E-state index contributed by atoms with van der Waals surface area (Å²) < 4.78 is 6.10. The van der Waals surface area contributed by atoms with Gasteiger partial charge >= 0.3 is 5.97 Å². The lowest BCUT2D eigenvalue weighted by atomic mass is 10.1. The van der Waals surface area contributed by atoms with E-state index in [1.165, 1.54) is 0 Å². The number of hydrogen-bond donors (Lipinski definition) is 1. The molecular formula is C17H18BrNO2. The summed E-state index contributed by atoms with van der Waals surface area (Å²) in [5.74, 6) is -0.239. The zero-order valence-electron chi connectivity index (χ0n) is 11.9. The van der Waals surface area contributed by atoms with Crippen molar-refractivity contribution in [2.75, 3.05) is 11.9 Å². The molecule has 0 fully saturated rings. The van der Waals surface area contributed by atoms with E-state index in [-0.39, 0.29) is 5.97 Å². The summed E-state index contributed by atoms with van der Waals surface area (Å²) in [6.07, 6.45) is 0.584. The molecule has 0 radical (unpaired) electrons. The van der Waals surface area contributed by atoms with Crippen molar-refractivity contribution in [3.63, 3.8) is 0 Å². The monoisotopic (exact) mass is 347 g/mol. The molecule has 0 aliphatic rings. The summed E-state index contributed by atoms with van der Waals surface area (Å²) in [4.78, 5) is 12.2. The molecule has 4 heteroatoms. The summed E-state index contributed by atoms with van der Waals surface area (Å²) in [5.41, 5.74) is 1.97. The highest BCUT2D eigenvalue weighted by atomic mass is 79.9. The Morgan fingerprint density at radius 1 is 1.14 bits per heavy atom. The number of esters is 1. The normalized spacial score (nSPS) is 11.7. The van der Waals surface area contributed by atoms with Crippen LogP contribution < -0.4 is 5.32 Å². The molecule has 0 aromatic heterocycles. The molecule has 0 saturated carbocycles. The van der Waals surface area contributed by atoms with E-state index in [1.807, 2.05) is 61.5 Å². The van der Waals surface area contributed by atoms with Crippen molar-refractivity contribution >= 4 is 27.6 Å². The van der Waals surface area contributed by atoms with Crippen LogP contribution in [0.4, 0.5) is 5.69 Å². The number of hydrogen-bond acceptors (Lipinski definition) is 3. The van der Waals surface area contributed by atoms with Crippen LogP contribution in [0.5, 0.6) is 0 Å². The zero-order chi connectivity index (χ0) is 15.1. The molecular weight excluding hydrogens is 330 g/mol. The van der Waals surface area contributed by atoms with Crippen molar-refractivity contribution in [3.8, 4) is 0 Å². The van der Waals surface area contributed by atoms with Gasteiger partial charge in [-0.15, -0.1) is 0 Å². The smallest absolute Gasteiger partial charge is 0.328 e. The first-order valence-corrected chi connectivity index (χ1v) is 7.71. The Hall–Kier alpha value is -1.81. The van der Waals surface area contributed by atoms with Crippen LogP contribution in [0.1, 0.15) is 12.5 Å². The number of rotatable bonds is 6. The van der Waals surface area contributed by atoms with Crippen molar-refractivity contribution in [1.82, 2.24) is 0 Å². The molecule has 2 aromatic carbocycles. The standard InChI is InChI=1S/C17H18BrNO2/c1-2-21-17(20)16(12-13-8-4-3-5-9-13)19-15-11-7-6-10-14(15)18/h3-11,16,19H,2,12H2,1H3. The lowest BCUT2D eigenvalue weighted by molar-refractivity contribution is -0.144. The van der Waals surface area contributed by atoms with Gasteiger partial charge in [0.2, 0.25) is 0 Å². The topological polar surface area (TPSA) is 38.3 Å². The maximum absolute atomic E-state index is 12.2. The van der Waals surface area contributed by atoms with Crippen molar-refractivity contribution in [2.45, 2.75) is 19.4 Å². The van der Waals surface area contributed by atoms with Gasteiger partial charge in [0.15, 0.2) is 0 Å². The van der Waals surface area contributed by atoms with Gasteiger partial charge in [-0.25, -0.2) is 4.79 Å². The molecule has 0 bridgehead atoms. The first-order chi connectivity index (χ1) is 10.2. The van der Waals surface area contributed by atoms with Gasteiger partial charge in [0.25, 0.3) is 0 Å². The Balaban J connectivity index is 2.16. The van der Waals surface area contributed by atoms with Gasteiger partial charge in [-0.3, -0.25) is 0 Å². The molecule has 0 saturated heterocycles. The number of para-hydroxylation sites is 1. The maximum atomic E-state index is 12.2. The van der Waals surface area contributed by atoms with Gasteiger partial charge in [-0.1, -0.05) is 42.5 Å². The third-order valence-electron chi connectivity index (χ3n) is 3.06. The fraction of sp³-hybridized carbons (Fsp3) is 0.235. The van der Waals surface area contributed by atoms with Crippen LogP contribution in [0, 0.1) is 0 Å². The van der Waals surface area contributed by atoms with Gasteiger partial charge < -0.3 is 10.1 Å². The summed E-state index contributed by atoms with van der Waals surface area (Å²) in [6.45, 7) is 2.19. The van der Waals surface area contributed by atoms with Gasteiger partial charge in [-0.05, 0) is 40.5 Å². The third kappa shape index (κ3) is 4.60. The second-order valence-electron chi connectivity index (χ2n) is 4.62. The van der Waals surface area contributed by atoms with Crippen LogP contribution in [-0.2, 0) is 16.0 Å². The second-order valence-corrected chi connectivity index (χ2v) is 5.47. The van der Waals surface area contributed by atoms with Crippen LogP contribution in [0.25, 0.3) is 0 Å². The van der Waals surface area contributed by atoms with Crippen molar-refractivity contribution in [3.05, 3.63) is 64.6 Å². The van der Waals surface area contributed by atoms with E-state index < -0.39 is 6.04 Å². The molecule has 0 amide bonds. The summed E-state index contributed by atoms with van der Waals surface area (Å²) in [6, 6.07) is 17.2. The van der Waals surface area contributed by atoms with Gasteiger partial charge in [0.05, 0.1) is 6.61 Å². The number of carbonyl (C=O) groups excluding carboxylic acids is 1. The fourth-order valence-corrected chi connectivity index (χ4v) is 2.45. The van der Waals surface area contributed by atoms with E-state index >= 15 is 0 Å². The van der Waals surface area contributed by atoms with E-state index in [0.717, 1.165) is 15.7 Å². The van der Waals surface area contributed by atoms with Crippen molar-refractivity contribution in [2.24, 2.45) is 0 Å². The number of anilines is 1. The summed E-state index contributed by atoms with van der Waals surface area (Å²) >= 11 is 3.48. The number of nitrogens with one attached hydrogen (secondary N) is 1. The van der Waals surface area contributed by atoms with Gasteiger partial charge in [0.1, 0.15) is 6.04 Å². The summed E-state index contributed by atoms with van der Waals surface area (Å²) in [5, 5.41) is 3.26. The highest BCUT2D eigenvalue weighted by Gasteiger charge is 2.20. The second kappa shape index (κ2) is 7.84. The van der Waals surface area contributed by atoms with E-state index in [2.05, 4.69) is 21.2 Å². The Morgan fingerprint density at radius 2 is 1.81 bits per heavy atom. The van der Waals surface area contributed by atoms with Crippen LogP contribution in [0.2, 0.25) is 0 Å². The minimum atomic E-state index is -0.411. The Morgan fingerprint density at radius 3 is 2.48 bits per heavy atom. The van der Waals surface area contributed by atoms with Gasteiger partial charge in [0, 0.05) is 16.6 Å².